The lowest BCUT2D eigenvalue weighted by molar-refractivity contribution is -0.138. The van der Waals surface area contributed by atoms with Crippen LogP contribution in [-0.4, -0.2) is 33.1 Å². The third-order valence-corrected chi connectivity index (χ3v) is 5.66. The molecular formula is C15H17N3O2S. The van der Waals surface area contributed by atoms with Crippen molar-refractivity contribution < 1.29 is 9.90 Å². The minimum absolute atomic E-state index is 0.305. The number of rotatable bonds is 3. The van der Waals surface area contributed by atoms with E-state index >= 15 is 0 Å². The molecular weight excluding hydrogens is 286 g/mol. The highest BCUT2D eigenvalue weighted by Gasteiger charge is 2.42. The van der Waals surface area contributed by atoms with E-state index < -0.39 is 5.97 Å². The first-order chi connectivity index (χ1) is 10.2. The molecule has 4 heterocycles. The summed E-state index contributed by atoms with van der Waals surface area (Å²) in [7, 11) is 0. The SMILES string of the molecule is O=C(O)CC1CC2CCC(C1)N2c1ncnc2ccsc12. The van der Waals surface area contributed by atoms with Gasteiger partial charge in [0.25, 0.3) is 0 Å². The van der Waals surface area contributed by atoms with Gasteiger partial charge < -0.3 is 10.0 Å². The second kappa shape index (κ2) is 4.94. The maximum atomic E-state index is 11.0. The first kappa shape index (κ1) is 13.0. The number of aromatic nitrogens is 2. The van der Waals surface area contributed by atoms with Crippen LogP contribution in [0.4, 0.5) is 5.82 Å². The molecule has 0 aromatic carbocycles. The molecule has 2 aromatic rings. The highest BCUT2D eigenvalue weighted by Crippen LogP contribution is 2.44. The van der Waals surface area contributed by atoms with Crippen LogP contribution in [0.2, 0.25) is 0 Å². The number of hydrogen-bond acceptors (Lipinski definition) is 5. The van der Waals surface area contributed by atoms with Crippen molar-refractivity contribution in [2.75, 3.05) is 4.90 Å². The fourth-order valence-electron chi connectivity index (χ4n) is 4.01. The predicted molar refractivity (Wildman–Crippen MR) is 81.7 cm³/mol. The van der Waals surface area contributed by atoms with Gasteiger partial charge in [-0.1, -0.05) is 0 Å². The molecule has 2 atom stereocenters. The second-order valence-electron chi connectivity index (χ2n) is 6.06. The molecule has 0 amide bonds. The molecule has 21 heavy (non-hydrogen) atoms. The van der Waals surface area contributed by atoms with Gasteiger partial charge in [-0.3, -0.25) is 4.79 Å². The summed E-state index contributed by atoms with van der Waals surface area (Å²) in [6.45, 7) is 0. The van der Waals surface area contributed by atoms with E-state index in [1.807, 2.05) is 6.07 Å². The van der Waals surface area contributed by atoms with Crippen LogP contribution in [0.3, 0.4) is 0 Å². The number of carboxylic acid groups (broad SMARTS) is 1. The topological polar surface area (TPSA) is 66.3 Å². The monoisotopic (exact) mass is 303 g/mol. The first-order valence-corrected chi connectivity index (χ1v) is 8.28. The highest BCUT2D eigenvalue weighted by atomic mass is 32.1. The fourth-order valence-corrected chi connectivity index (χ4v) is 4.85. The number of carboxylic acids is 1. The summed E-state index contributed by atoms with van der Waals surface area (Å²) in [5.74, 6) is 0.698. The summed E-state index contributed by atoms with van der Waals surface area (Å²) in [6, 6.07) is 2.91. The number of aliphatic carboxylic acids is 1. The Kier molecular flexibility index (Phi) is 3.06. The molecule has 0 radical (unpaired) electrons. The normalized spacial score (nSPS) is 28.2. The zero-order valence-electron chi connectivity index (χ0n) is 11.6. The zero-order chi connectivity index (χ0) is 14.4. The van der Waals surface area contributed by atoms with E-state index in [4.69, 9.17) is 5.11 Å². The molecule has 110 valence electrons. The highest BCUT2D eigenvalue weighted by molar-refractivity contribution is 7.17. The molecule has 5 nitrogen and oxygen atoms in total. The van der Waals surface area contributed by atoms with Crippen molar-refractivity contribution in [3.05, 3.63) is 17.8 Å². The average Bonchev–Trinajstić information content (AvgIpc) is 3.01. The van der Waals surface area contributed by atoms with Crippen molar-refractivity contribution in [3.63, 3.8) is 0 Å². The van der Waals surface area contributed by atoms with Crippen LogP contribution < -0.4 is 4.90 Å². The molecule has 0 saturated carbocycles. The Balaban J connectivity index is 1.65. The smallest absolute Gasteiger partial charge is 0.303 e. The number of nitrogens with zero attached hydrogens (tertiary/aromatic N) is 3. The van der Waals surface area contributed by atoms with Crippen LogP contribution in [0.25, 0.3) is 10.2 Å². The van der Waals surface area contributed by atoms with Crippen LogP contribution >= 0.6 is 11.3 Å². The molecule has 2 aromatic heterocycles. The molecule has 0 spiro atoms. The van der Waals surface area contributed by atoms with Crippen LogP contribution in [0, 0.1) is 5.92 Å². The third-order valence-electron chi connectivity index (χ3n) is 4.76. The number of piperidine rings is 1. The van der Waals surface area contributed by atoms with Crippen molar-refractivity contribution in [1.82, 2.24) is 9.97 Å². The number of carbonyl (C=O) groups is 1. The maximum Gasteiger partial charge on any atom is 0.303 e. The fraction of sp³-hybridized carbons (Fsp3) is 0.533. The van der Waals surface area contributed by atoms with Crippen LogP contribution in [0.1, 0.15) is 32.1 Å². The van der Waals surface area contributed by atoms with Crippen molar-refractivity contribution in [1.29, 1.82) is 0 Å². The number of hydrogen-bond donors (Lipinski definition) is 1. The van der Waals surface area contributed by atoms with Gasteiger partial charge in [0, 0.05) is 18.5 Å². The number of thiophene rings is 1. The van der Waals surface area contributed by atoms with Gasteiger partial charge in [0.2, 0.25) is 0 Å². The van der Waals surface area contributed by atoms with Crippen LogP contribution in [0.5, 0.6) is 0 Å². The van der Waals surface area contributed by atoms with E-state index in [2.05, 4.69) is 20.2 Å². The molecule has 1 N–H and O–H groups in total. The summed E-state index contributed by atoms with van der Waals surface area (Å²) in [4.78, 5) is 22.3. The Morgan fingerprint density at radius 3 is 2.81 bits per heavy atom. The lowest BCUT2D eigenvalue weighted by atomic mass is 9.88. The van der Waals surface area contributed by atoms with E-state index in [0.29, 0.717) is 24.4 Å². The first-order valence-electron chi connectivity index (χ1n) is 7.40. The summed E-state index contributed by atoms with van der Waals surface area (Å²) >= 11 is 1.69. The van der Waals surface area contributed by atoms with Gasteiger partial charge in [-0.2, -0.15) is 0 Å². The molecule has 4 rings (SSSR count). The quantitative estimate of drug-likeness (QED) is 0.944. The molecule has 6 heteroatoms. The van der Waals surface area contributed by atoms with Crippen molar-refractivity contribution in [3.8, 4) is 0 Å². The summed E-state index contributed by atoms with van der Waals surface area (Å²) in [5, 5.41) is 11.1. The van der Waals surface area contributed by atoms with E-state index in [0.717, 1.165) is 41.7 Å². The Hall–Kier alpha value is -1.69. The average molecular weight is 303 g/mol. The Labute approximate surface area is 126 Å². The van der Waals surface area contributed by atoms with Gasteiger partial charge in [-0.25, -0.2) is 9.97 Å². The van der Waals surface area contributed by atoms with Gasteiger partial charge in [0.15, 0.2) is 5.82 Å². The molecule has 2 aliphatic rings. The molecule has 2 saturated heterocycles. The molecule has 2 bridgehead atoms. The molecule has 0 aliphatic carbocycles. The molecule has 2 unspecified atom stereocenters. The van der Waals surface area contributed by atoms with Gasteiger partial charge >= 0.3 is 5.97 Å². The predicted octanol–water partition coefficient (Wildman–Crippen LogP) is 2.91. The van der Waals surface area contributed by atoms with Crippen molar-refractivity contribution in [2.45, 2.75) is 44.2 Å². The van der Waals surface area contributed by atoms with Crippen molar-refractivity contribution >= 4 is 33.3 Å². The Morgan fingerprint density at radius 2 is 2.10 bits per heavy atom. The zero-order valence-corrected chi connectivity index (χ0v) is 12.4. The lowest BCUT2D eigenvalue weighted by Crippen LogP contribution is -2.44. The van der Waals surface area contributed by atoms with Crippen molar-refractivity contribution in [2.24, 2.45) is 5.92 Å². The maximum absolute atomic E-state index is 11.0. The largest absolute Gasteiger partial charge is 0.481 e. The number of anilines is 1. The number of fused-ring (bicyclic) bond motifs is 3. The summed E-state index contributed by atoms with van der Waals surface area (Å²) in [6.07, 6.45) is 6.20. The molecule has 2 aliphatic heterocycles. The van der Waals surface area contributed by atoms with Gasteiger partial charge in [0.1, 0.15) is 6.33 Å². The minimum Gasteiger partial charge on any atom is -0.481 e. The summed E-state index contributed by atoms with van der Waals surface area (Å²) in [5.41, 5.74) is 1.01. The van der Waals surface area contributed by atoms with E-state index in [9.17, 15) is 4.79 Å². The molecule has 2 fully saturated rings. The summed E-state index contributed by atoms with van der Waals surface area (Å²) < 4.78 is 1.16. The van der Waals surface area contributed by atoms with E-state index in [1.54, 1.807) is 17.7 Å². The Bertz CT molecular complexity index is 672. The van der Waals surface area contributed by atoms with Gasteiger partial charge in [-0.15, -0.1) is 11.3 Å². The van der Waals surface area contributed by atoms with Crippen LogP contribution in [-0.2, 0) is 4.79 Å². The lowest BCUT2D eigenvalue weighted by Gasteiger charge is -2.39. The van der Waals surface area contributed by atoms with E-state index in [-0.39, 0.29) is 0 Å². The Morgan fingerprint density at radius 1 is 1.33 bits per heavy atom. The minimum atomic E-state index is -0.671. The third kappa shape index (κ3) is 2.18. The second-order valence-corrected chi connectivity index (χ2v) is 6.98. The standard InChI is InChI=1S/C15H17N3O2S/c19-13(20)7-9-5-10-1-2-11(6-9)18(10)15-14-12(3-4-21-14)16-8-17-15/h3-4,8-11H,1-2,5-7H2,(H,19,20). The van der Waals surface area contributed by atoms with Gasteiger partial charge in [0.05, 0.1) is 10.2 Å². The van der Waals surface area contributed by atoms with Gasteiger partial charge in [-0.05, 0) is 43.0 Å². The van der Waals surface area contributed by atoms with E-state index in [1.165, 1.54) is 0 Å². The van der Waals surface area contributed by atoms with Crippen LogP contribution in [0.15, 0.2) is 17.8 Å².